The molecular weight excluding hydrogens is 410 g/mol. The Morgan fingerprint density at radius 1 is 1.28 bits per heavy atom. The zero-order valence-electron chi connectivity index (χ0n) is 17.4. The Labute approximate surface area is 184 Å². The van der Waals surface area contributed by atoms with Gasteiger partial charge in [0.15, 0.2) is 6.61 Å². The van der Waals surface area contributed by atoms with Crippen molar-refractivity contribution in [3.8, 4) is 17.2 Å². The van der Waals surface area contributed by atoms with Crippen molar-refractivity contribution in [3.05, 3.63) is 66.2 Å². The van der Waals surface area contributed by atoms with Gasteiger partial charge in [-0.3, -0.25) is 34.5 Å². The molecule has 1 fully saturated rings. The van der Waals surface area contributed by atoms with Gasteiger partial charge in [0.05, 0.1) is 29.1 Å². The second kappa shape index (κ2) is 9.28. The van der Waals surface area contributed by atoms with Crippen LogP contribution in [0.2, 0.25) is 0 Å². The number of nitriles is 1. The highest BCUT2D eigenvalue weighted by Crippen LogP contribution is 2.32. The van der Waals surface area contributed by atoms with Crippen LogP contribution in [0.15, 0.2) is 55.1 Å². The first-order valence-corrected chi connectivity index (χ1v) is 10.00. The second-order valence-electron chi connectivity index (χ2n) is 7.31. The number of hydrazine groups is 1. The minimum atomic E-state index is -0.493. The van der Waals surface area contributed by atoms with Crippen LogP contribution < -0.4 is 10.9 Å². The summed E-state index contributed by atoms with van der Waals surface area (Å²) in [7, 11) is 1.80. The molecule has 0 aliphatic heterocycles. The molecule has 0 atom stereocenters. The van der Waals surface area contributed by atoms with E-state index in [4.69, 9.17) is 4.84 Å². The highest BCUT2D eigenvalue weighted by atomic mass is 16.7. The first-order valence-electron chi connectivity index (χ1n) is 10.00. The molecule has 10 heteroatoms. The second-order valence-corrected chi connectivity index (χ2v) is 7.31. The molecule has 2 aromatic heterocycles. The molecule has 4 rings (SSSR count). The summed E-state index contributed by atoms with van der Waals surface area (Å²) in [5.74, 6) is -0.859. The zero-order chi connectivity index (χ0) is 22.5. The molecule has 2 heterocycles. The van der Waals surface area contributed by atoms with Gasteiger partial charge in [-0.15, -0.1) is 0 Å². The zero-order valence-corrected chi connectivity index (χ0v) is 17.4. The molecular formula is C22H21N7O3. The fourth-order valence-corrected chi connectivity index (χ4v) is 3.18. The maximum absolute atomic E-state index is 12.8. The number of aromatic nitrogens is 3. The van der Waals surface area contributed by atoms with Gasteiger partial charge in [0.1, 0.15) is 6.07 Å². The highest BCUT2D eigenvalue weighted by molar-refractivity contribution is 5.93. The number of hydrogen-bond acceptors (Lipinski definition) is 7. The topological polar surface area (TPSA) is 125 Å². The summed E-state index contributed by atoms with van der Waals surface area (Å²) in [4.78, 5) is 33.8. The average Bonchev–Trinajstić information content (AvgIpc) is 3.57. The van der Waals surface area contributed by atoms with Gasteiger partial charge >= 0.3 is 0 Å². The molecule has 0 unspecified atom stereocenters. The number of rotatable bonds is 8. The molecule has 1 aliphatic carbocycles. The van der Waals surface area contributed by atoms with Crippen LogP contribution in [0.5, 0.6) is 0 Å². The SMILES string of the molecule is Cn1cc(-c2cccc(NN(C(=O)CONC(=O)c3cccnc3)C3CC3)c2C#N)cn1. The highest BCUT2D eigenvalue weighted by Gasteiger charge is 2.33. The maximum Gasteiger partial charge on any atom is 0.276 e. The molecule has 1 saturated carbocycles. The van der Waals surface area contributed by atoms with E-state index in [-0.39, 0.29) is 18.6 Å². The minimum absolute atomic E-state index is 0.00582. The quantitative estimate of drug-likeness (QED) is 0.523. The number of carbonyl (C=O) groups is 2. The standard InChI is InChI=1S/C22H21N7O3/c1-28-13-16(12-25-28)18-5-2-6-20(19(18)10-23)26-29(17-7-8-17)21(30)14-32-27-22(31)15-4-3-9-24-11-15/h2-6,9,11-13,17,26H,7-8,14H2,1H3,(H,27,31). The van der Waals surface area contributed by atoms with Crippen molar-refractivity contribution in [2.45, 2.75) is 18.9 Å². The molecule has 32 heavy (non-hydrogen) atoms. The number of nitrogens with zero attached hydrogens (tertiary/aromatic N) is 5. The Bertz CT molecular complexity index is 1170. The summed E-state index contributed by atoms with van der Waals surface area (Å²) in [5.41, 5.74) is 8.08. The molecule has 0 saturated heterocycles. The van der Waals surface area contributed by atoms with E-state index in [9.17, 15) is 14.9 Å². The van der Waals surface area contributed by atoms with Gasteiger partial charge in [0, 0.05) is 36.8 Å². The summed E-state index contributed by atoms with van der Waals surface area (Å²) >= 11 is 0. The van der Waals surface area contributed by atoms with Gasteiger partial charge in [0.25, 0.3) is 11.8 Å². The summed E-state index contributed by atoms with van der Waals surface area (Å²) in [5, 5.41) is 15.4. The summed E-state index contributed by atoms with van der Waals surface area (Å²) in [6, 6.07) is 10.8. The summed E-state index contributed by atoms with van der Waals surface area (Å²) in [6.07, 6.45) is 8.14. The lowest BCUT2D eigenvalue weighted by molar-refractivity contribution is -0.137. The van der Waals surface area contributed by atoms with Gasteiger partial charge in [-0.25, -0.2) is 5.48 Å². The minimum Gasteiger partial charge on any atom is -0.294 e. The first-order chi connectivity index (χ1) is 15.6. The van der Waals surface area contributed by atoms with Crippen molar-refractivity contribution in [1.29, 1.82) is 5.26 Å². The van der Waals surface area contributed by atoms with E-state index in [0.717, 1.165) is 18.4 Å². The number of benzene rings is 1. The fraction of sp³-hybridized carbons (Fsp3) is 0.227. The van der Waals surface area contributed by atoms with Crippen LogP contribution in [-0.4, -0.2) is 44.2 Å². The Hall–Kier alpha value is -4.23. The van der Waals surface area contributed by atoms with Gasteiger partial charge < -0.3 is 0 Å². The molecule has 0 spiro atoms. The van der Waals surface area contributed by atoms with Crippen molar-refractivity contribution in [1.82, 2.24) is 25.3 Å². The number of amides is 2. The Morgan fingerprint density at radius 2 is 2.12 bits per heavy atom. The number of pyridine rings is 1. The van der Waals surface area contributed by atoms with Crippen LogP contribution in [0.3, 0.4) is 0 Å². The van der Waals surface area contributed by atoms with E-state index in [1.807, 2.05) is 18.3 Å². The Kier molecular flexibility index (Phi) is 6.10. The van der Waals surface area contributed by atoms with Gasteiger partial charge in [0.2, 0.25) is 0 Å². The lowest BCUT2D eigenvalue weighted by atomic mass is 10.0. The molecule has 3 aromatic rings. The molecule has 1 aliphatic rings. The molecule has 0 bridgehead atoms. The monoisotopic (exact) mass is 431 g/mol. The molecule has 1 aromatic carbocycles. The Balaban J connectivity index is 1.44. The van der Waals surface area contributed by atoms with Crippen LogP contribution >= 0.6 is 0 Å². The molecule has 10 nitrogen and oxygen atoms in total. The van der Waals surface area contributed by atoms with Crippen molar-refractivity contribution in [2.75, 3.05) is 12.0 Å². The summed E-state index contributed by atoms with van der Waals surface area (Å²) in [6.45, 7) is -0.361. The third-order valence-electron chi connectivity index (χ3n) is 4.90. The van der Waals surface area contributed by atoms with Crippen molar-refractivity contribution in [3.63, 3.8) is 0 Å². The average molecular weight is 431 g/mol. The molecule has 2 N–H and O–H groups in total. The van der Waals surface area contributed by atoms with Crippen molar-refractivity contribution in [2.24, 2.45) is 7.05 Å². The lowest BCUT2D eigenvalue weighted by Gasteiger charge is -2.25. The van der Waals surface area contributed by atoms with E-state index in [0.29, 0.717) is 22.4 Å². The number of carbonyl (C=O) groups excluding carboxylic acids is 2. The number of nitrogens with one attached hydrogen (secondary N) is 2. The predicted octanol–water partition coefficient (Wildman–Crippen LogP) is 2.03. The van der Waals surface area contributed by atoms with E-state index in [1.165, 1.54) is 11.2 Å². The first kappa shape index (κ1) is 21.0. The fourth-order valence-electron chi connectivity index (χ4n) is 3.18. The predicted molar refractivity (Wildman–Crippen MR) is 115 cm³/mol. The van der Waals surface area contributed by atoms with Crippen LogP contribution in [0, 0.1) is 11.3 Å². The number of aryl methyl sites for hydroxylation is 1. The number of anilines is 1. The third kappa shape index (κ3) is 4.74. The van der Waals surface area contributed by atoms with Crippen LogP contribution in [0.25, 0.3) is 11.1 Å². The lowest BCUT2D eigenvalue weighted by Crippen LogP contribution is -2.42. The van der Waals surface area contributed by atoms with Gasteiger partial charge in [-0.2, -0.15) is 10.4 Å². The molecule has 162 valence electrons. The summed E-state index contributed by atoms with van der Waals surface area (Å²) < 4.78 is 1.66. The van der Waals surface area contributed by atoms with E-state index in [2.05, 4.69) is 27.1 Å². The third-order valence-corrected chi connectivity index (χ3v) is 4.90. The van der Waals surface area contributed by atoms with Crippen LogP contribution in [0.4, 0.5) is 5.69 Å². The number of hydrogen-bond donors (Lipinski definition) is 2. The molecule has 0 radical (unpaired) electrons. The van der Waals surface area contributed by atoms with E-state index >= 15 is 0 Å². The van der Waals surface area contributed by atoms with Crippen LogP contribution in [0.1, 0.15) is 28.8 Å². The van der Waals surface area contributed by atoms with Gasteiger partial charge in [-0.1, -0.05) is 12.1 Å². The smallest absolute Gasteiger partial charge is 0.276 e. The van der Waals surface area contributed by atoms with Crippen LogP contribution in [-0.2, 0) is 16.7 Å². The van der Waals surface area contributed by atoms with Crippen molar-refractivity contribution >= 4 is 17.5 Å². The van der Waals surface area contributed by atoms with Crippen molar-refractivity contribution < 1.29 is 14.4 Å². The largest absolute Gasteiger partial charge is 0.294 e. The van der Waals surface area contributed by atoms with Gasteiger partial charge in [-0.05, 0) is 31.0 Å². The van der Waals surface area contributed by atoms with E-state index < -0.39 is 5.91 Å². The molecule has 2 amide bonds. The normalized spacial score (nSPS) is 12.6. The maximum atomic E-state index is 12.8. The Morgan fingerprint density at radius 3 is 2.78 bits per heavy atom. The number of hydroxylamine groups is 1. The van der Waals surface area contributed by atoms with E-state index in [1.54, 1.807) is 42.3 Å².